The number of aromatic hydroxyl groups is 1. The molecule has 0 unspecified atom stereocenters. The van der Waals surface area contributed by atoms with Gasteiger partial charge in [0.15, 0.2) is 0 Å². The van der Waals surface area contributed by atoms with Crippen LogP contribution in [0.3, 0.4) is 0 Å². The number of benzene rings is 1. The summed E-state index contributed by atoms with van der Waals surface area (Å²) in [5.41, 5.74) is 0.799. The first-order valence-electron chi connectivity index (χ1n) is 2.62. The molecule has 0 aliphatic heterocycles. The lowest BCUT2D eigenvalue weighted by Crippen LogP contribution is -1.74. The van der Waals surface area contributed by atoms with E-state index in [9.17, 15) is 0 Å². The van der Waals surface area contributed by atoms with Crippen LogP contribution in [-0.4, -0.2) is 11.3 Å². The summed E-state index contributed by atoms with van der Waals surface area (Å²) in [6, 6.07) is 6.48. The second-order valence-electron chi connectivity index (χ2n) is 1.74. The van der Waals surface area contributed by atoms with Crippen molar-refractivity contribution in [2.75, 3.05) is 0 Å². The summed E-state index contributed by atoms with van der Waals surface area (Å²) in [6.07, 6.45) is 1.24. The van der Waals surface area contributed by atoms with Crippen molar-refractivity contribution in [2.45, 2.75) is 0 Å². The molecule has 0 saturated heterocycles. The molecule has 0 spiro atoms. The summed E-state index contributed by atoms with van der Waals surface area (Å²) in [4.78, 5) is 0. The van der Waals surface area contributed by atoms with Gasteiger partial charge in [-0.15, -0.1) is 0 Å². The van der Waals surface area contributed by atoms with E-state index in [-0.39, 0.29) is 5.75 Å². The van der Waals surface area contributed by atoms with Crippen molar-refractivity contribution in [3.05, 3.63) is 29.8 Å². The number of phenols is 1. The first kappa shape index (κ1) is 5.82. The second kappa shape index (κ2) is 2.31. The zero-order chi connectivity index (χ0) is 6.69. The zero-order valence-corrected chi connectivity index (χ0v) is 4.83. The van der Waals surface area contributed by atoms with Crippen molar-refractivity contribution < 1.29 is 5.11 Å². The monoisotopic (exact) mass is 121 g/mol. The van der Waals surface area contributed by atoms with Crippen molar-refractivity contribution in [3.8, 4) is 5.75 Å². The average molecular weight is 121 g/mol. The Balaban J connectivity index is 3.01. The largest absolute Gasteiger partial charge is 0.508 e. The van der Waals surface area contributed by atoms with Gasteiger partial charge in [0.05, 0.1) is 0 Å². The molecule has 1 aromatic rings. The summed E-state index contributed by atoms with van der Waals surface area (Å²) < 4.78 is 0. The van der Waals surface area contributed by atoms with E-state index in [2.05, 4.69) is 0 Å². The van der Waals surface area contributed by atoms with Gasteiger partial charge in [0.1, 0.15) is 5.75 Å². The Bertz CT molecular complexity index is 203. The molecule has 0 saturated carbocycles. The fraction of sp³-hybridized carbons (Fsp3) is 0. The number of phenolic OH excluding ortho intramolecular Hbond substituents is 1. The Morgan fingerprint density at radius 3 is 2.22 bits per heavy atom. The van der Waals surface area contributed by atoms with Gasteiger partial charge in [-0.25, -0.2) is 0 Å². The van der Waals surface area contributed by atoms with Crippen molar-refractivity contribution in [1.82, 2.24) is 0 Å². The standard InChI is InChI=1S/C7H7NO/c8-5-6-1-3-7(9)4-2-6/h1-5,8-9H. The van der Waals surface area contributed by atoms with Gasteiger partial charge in [-0.1, -0.05) is 0 Å². The molecule has 0 atom stereocenters. The fourth-order valence-corrected chi connectivity index (χ4v) is 0.571. The van der Waals surface area contributed by atoms with Crippen LogP contribution in [0.5, 0.6) is 5.75 Å². The summed E-state index contributed by atoms with van der Waals surface area (Å²) in [5, 5.41) is 15.6. The molecular weight excluding hydrogens is 114 g/mol. The van der Waals surface area contributed by atoms with E-state index in [4.69, 9.17) is 10.5 Å². The van der Waals surface area contributed by atoms with Crippen LogP contribution in [-0.2, 0) is 0 Å². The Morgan fingerprint density at radius 2 is 1.78 bits per heavy atom. The van der Waals surface area contributed by atoms with E-state index in [1.807, 2.05) is 0 Å². The number of hydrogen-bond acceptors (Lipinski definition) is 2. The van der Waals surface area contributed by atoms with Gasteiger partial charge in [0.2, 0.25) is 0 Å². The quantitative estimate of drug-likeness (QED) is 0.542. The molecule has 0 radical (unpaired) electrons. The van der Waals surface area contributed by atoms with Crippen molar-refractivity contribution in [1.29, 1.82) is 5.41 Å². The smallest absolute Gasteiger partial charge is 0.115 e. The third-order valence-corrected chi connectivity index (χ3v) is 1.06. The molecule has 46 valence electrons. The zero-order valence-electron chi connectivity index (χ0n) is 4.83. The third-order valence-electron chi connectivity index (χ3n) is 1.06. The van der Waals surface area contributed by atoms with Gasteiger partial charge in [-0.3, -0.25) is 0 Å². The first-order valence-corrected chi connectivity index (χ1v) is 2.62. The minimum atomic E-state index is 0.237. The highest BCUT2D eigenvalue weighted by Crippen LogP contribution is 2.06. The van der Waals surface area contributed by atoms with Gasteiger partial charge in [-0.05, 0) is 29.8 Å². The van der Waals surface area contributed by atoms with E-state index in [1.54, 1.807) is 24.3 Å². The molecule has 0 aromatic heterocycles. The highest BCUT2D eigenvalue weighted by atomic mass is 16.3. The Morgan fingerprint density at radius 1 is 1.22 bits per heavy atom. The van der Waals surface area contributed by atoms with E-state index < -0.39 is 0 Å². The summed E-state index contributed by atoms with van der Waals surface area (Å²) >= 11 is 0. The van der Waals surface area contributed by atoms with Gasteiger partial charge in [-0.2, -0.15) is 0 Å². The van der Waals surface area contributed by atoms with E-state index >= 15 is 0 Å². The maximum Gasteiger partial charge on any atom is 0.115 e. The van der Waals surface area contributed by atoms with Gasteiger partial charge >= 0.3 is 0 Å². The van der Waals surface area contributed by atoms with Crippen LogP contribution in [0.25, 0.3) is 0 Å². The van der Waals surface area contributed by atoms with Crippen molar-refractivity contribution in [2.24, 2.45) is 0 Å². The Hall–Kier alpha value is -1.31. The van der Waals surface area contributed by atoms with E-state index in [1.165, 1.54) is 6.21 Å². The normalized spacial score (nSPS) is 8.89. The molecule has 2 N–H and O–H groups in total. The first-order chi connectivity index (χ1) is 4.33. The highest BCUT2D eigenvalue weighted by molar-refractivity contribution is 5.76. The highest BCUT2D eigenvalue weighted by Gasteiger charge is 1.85. The van der Waals surface area contributed by atoms with Gasteiger partial charge in [0, 0.05) is 6.21 Å². The van der Waals surface area contributed by atoms with Crippen LogP contribution in [0.1, 0.15) is 5.56 Å². The molecule has 0 amide bonds. The predicted octanol–water partition coefficient (Wildman–Crippen LogP) is 1.39. The second-order valence-corrected chi connectivity index (χ2v) is 1.74. The Labute approximate surface area is 53.3 Å². The van der Waals surface area contributed by atoms with Crippen LogP contribution in [0, 0.1) is 5.41 Å². The number of nitrogens with one attached hydrogen (secondary N) is 1. The Kier molecular flexibility index (Phi) is 1.49. The molecule has 0 bridgehead atoms. The van der Waals surface area contributed by atoms with E-state index in [0.29, 0.717) is 0 Å². The van der Waals surface area contributed by atoms with Crippen LogP contribution in [0.15, 0.2) is 24.3 Å². The minimum absolute atomic E-state index is 0.237. The fourth-order valence-electron chi connectivity index (χ4n) is 0.571. The molecule has 2 nitrogen and oxygen atoms in total. The van der Waals surface area contributed by atoms with Crippen LogP contribution in [0.4, 0.5) is 0 Å². The third kappa shape index (κ3) is 1.29. The SMILES string of the molecule is N=Cc1ccc(O)cc1. The lowest BCUT2D eigenvalue weighted by Gasteiger charge is -1.89. The number of rotatable bonds is 1. The van der Waals surface area contributed by atoms with Crippen molar-refractivity contribution >= 4 is 6.21 Å². The van der Waals surface area contributed by atoms with Crippen LogP contribution >= 0.6 is 0 Å². The summed E-state index contributed by atoms with van der Waals surface area (Å²) in [6.45, 7) is 0. The topological polar surface area (TPSA) is 44.1 Å². The van der Waals surface area contributed by atoms with Crippen LogP contribution < -0.4 is 0 Å². The maximum absolute atomic E-state index is 8.78. The minimum Gasteiger partial charge on any atom is -0.508 e. The molecule has 9 heavy (non-hydrogen) atoms. The summed E-state index contributed by atoms with van der Waals surface area (Å²) in [7, 11) is 0. The average Bonchev–Trinajstić information content (AvgIpc) is 1.90. The molecule has 0 aliphatic carbocycles. The molecule has 0 heterocycles. The molecular formula is C7H7NO. The van der Waals surface area contributed by atoms with Gasteiger partial charge in [0.25, 0.3) is 0 Å². The molecule has 1 rings (SSSR count). The van der Waals surface area contributed by atoms with Crippen molar-refractivity contribution in [3.63, 3.8) is 0 Å². The molecule has 0 fully saturated rings. The molecule has 2 heteroatoms. The number of hydrogen-bond donors (Lipinski definition) is 2. The lowest BCUT2D eigenvalue weighted by molar-refractivity contribution is 0.475. The molecule has 0 aliphatic rings. The van der Waals surface area contributed by atoms with E-state index in [0.717, 1.165) is 5.56 Å². The summed E-state index contributed by atoms with van der Waals surface area (Å²) in [5.74, 6) is 0.237. The lowest BCUT2D eigenvalue weighted by atomic mass is 10.2. The molecule has 1 aromatic carbocycles. The predicted molar refractivity (Wildman–Crippen MR) is 36.0 cm³/mol. The maximum atomic E-state index is 8.78. The van der Waals surface area contributed by atoms with Crippen LogP contribution in [0.2, 0.25) is 0 Å². The van der Waals surface area contributed by atoms with Gasteiger partial charge < -0.3 is 10.5 Å².